The molecule has 0 aliphatic carbocycles. The maximum atomic E-state index is 10.8. The van der Waals surface area contributed by atoms with Crippen LogP contribution in [0.2, 0.25) is 0 Å². The second kappa shape index (κ2) is 9.07. The van der Waals surface area contributed by atoms with Crippen LogP contribution in [0, 0.1) is 13.8 Å². The first-order chi connectivity index (χ1) is 10.2. The quantitative estimate of drug-likeness (QED) is 0.876. The van der Waals surface area contributed by atoms with Gasteiger partial charge in [0.1, 0.15) is 11.3 Å². The van der Waals surface area contributed by atoms with Gasteiger partial charge in [-0.3, -0.25) is 4.79 Å². The first-order valence-corrected chi connectivity index (χ1v) is 7.36. The number of carboxylic acids is 1. The Morgan fingerprint density at radius 3 is 1.82 bits per heavy atom. The first-order valence-electron chi connectivity index (χ1n) is 7.36. The van der Waals surface area contributed by atoms with Crippen LogP contribution in [0.1, 0.15) is 44.7 Å². The van der Waals surface area contributed by atoms with Gasteiger partial charge in [-0.2, -0.15) is 0 Å². The van der Waals surface area contributed by atoms with Gasteiger partial charge < -0.3 is 15.2 Å². The van der Waals surface area contributed by atoms with E-state index >= 15 is 0 Å². The number of aliphatic carboxylic acids is 1. The number of amides is 1. The minimum atomic E-state index is -1.08. The van der Waals surface area contributed by atoms with Crippen molar-refractivity contribution in [2.45, 2.75) is 53.0 Å². The zero-order valence-electron chi connectivity index (χ0n) is 14.3. The molecule has 1 rings (SSSR count). The Labute approximate surface area is 132 Å². The third-order valence-corrected chi connectivity index (χ3v) is 3.64. The summed E-state index contributed by atoms with van der Waals surface area (Å²) in [6, 6.07) is 6.13. The second-order valence-corrected chi connectivity index (χ2v) is 5.20. The Morgan fingerprint density at radius 1 is 1.18 bits per heavy atom. The average Bonchev–Trinajstić information content (AvgIpc) is 2.45. The van der Waals surface area contributed by atoms with Crippen molar-refractivity contribution in [1.82, 2.24) is 5.32 Å². The highest BCUT2D eigenvalue weighted by molar-refractivity contribution is 5.85. The van der Waals surface area contributed by atoms with Crippen LogP contribution in [0.4, 0.5) is 0 Å². The molecule has 0 saturated carbocycles. The predicted octanol–water partition coefficient (Wildman–Crippen LogP) is 3.08. The van der Waals surface area contributed by atoms with E-state index in [-0.39, 0.29) is 5.91 Å². The monoisotopic (exact) mass is 309 g/mol. The number of nitrogens with one attached hydrogen (secondary N) is 1. The number of ether oxygens (including phenoxy) is 1. The van der Waals surface area contributed by atoms with Crippen molar-refractivity contribution in [3.05, 3.63) is 29.3 Å². The molecule has 0 atom stereocenters. The van der Waals surface area contributed by atoms with E-state index < -0.39 is 11.5 Å². The molecular weight excluding hydrogens is 282 g/mol. The molecule has 1 amide bonds. The topological polar surface area (TPSA) is 75.6 Å². The zero-order valence-corrected chi connectivity index (χ0v) is 14.3. The first kappa shape index (κ1) is 20.0. The molecule has 1 aromatic carbocycles. The zero-order chi connectivity index (χ0) is 17.3. The summed E-state index contributed by atoms with van der Waals surface area (Å²) in [6.07, 6.45) is 0.802. The molecule has 1 aromatic rings. The third-order valence-electron chi connectivity index (χ3n) is 3.64. The molecule has 0 heterocycles. The Bertz CT molecular complexity index is 487. The van der Waals surface area contributed by atoms with Crippen LogP contribution in [0.15, 0.2) is 18.2 Å². The minimum Gasteiger partial charge on any atom is -0.496 e. The molecule has 0 radical (unpaired) electrons. The van der Waals surface area contributed by atoms with Crippen LogP contribution in [-0.4, -0.2) is 29.6 Å². The summed E-state index contributed by atoms with van der Waals surface area (Å²) in [4.78, 5) is 21.5. The molecule has 0 spiro atoms. The van der Waals surface area contributed by atoms with E-state index in [1.165, 1.54) is 18.1 Å². The number of aryl methyl sites for hydroxylation is 2. The van der Waals surface area contributed by atoms with Crippen LogP contribution in [0.3, 0.4) is 0 Å². The van der Waals surface area contributed by atoms with Crippen LogP contribution in [-0.2, 0) is 9.59 Å². The standard InChI is InChI=1S/C9H12O.C8H15NO3/c1-7-5-4-6-8(2)9(7)10-3;1-4-8(5-2,7(11)12)9-6(3)10/h4-6H,1-3H3;4-5H2,1-3H3,(H,9,10)(H,11,12). The summed E-state index contributed by atoms with van der Waals surface area (Å²) < 4.78 is 5.18. The number of carbonyl (C=O) groups excluding carboxylic acids is 1. The highest BCUT2D eigenvalue weighted by Crippen LogP contribution is 2.21. The lowest BCUT2D eigenvalue weighted by Crippen LogP contribution is -2.53. The molecule has 124 valence electrons. The molecule has 5 heteroatoms. The van der Waals surface area contributed by atoms with E-state index in [1.54, 1.807) is 21.0 Å². The van der Waals surface area contributed by atoms with Gasteiger partial charge in [0.05, 0.1) is 7.11 Å². The number of carboxylic acid groups (broad SMARTS) is 1. The summed E-state index contributed by atoms with van der Waals surface area (Å²) >= 11 is 0. The number of carbonyl (C=O) groups is 2. The summed E-state index contributed by atoms with van der Waals surface area (Å²) in [6.45, 7) is 8.90. The van der Waals surface area contributed by atoms with Crippen molar-refractivity contribution < 1.29 is 19.4 Å². The van der Waals surface area contributed by atoms with Gasteiger partial charge >= 0.3 is 5.97 Å². The van der Waals surface area contributed by atoms with Gasteiger partial charge in [0.2, 0.25) is 5.91 Å². The lowest BCUT2D eigenvalue weighted by molar-refractivity contribution is -0.147. The molecule has 0 aliphatic heterocycles. The fraction of sp³-hybridized carbons (Fsp3) is 0.529. The molecule has 0 unspecified atom stereocenters. The average molecular weight is 309 g/mol. The number of para-hydroxylation sites is 1. The van der Waals surface area contributed by atoms with Crippen molar-refractivity contribution in [3.63, 3.8) is 0 Å². The van der Waals surface area contributed by atoms with Gasteiger partial charge in [-0.25, -0.2) is 4.79 Å². The number of rotatable bonds is 5. The maximum absolute atomic E-state index is 10.8. The summed E-state index contributed by atoms with van der Waals surface area (Å²) in [5.41, 5.74) is 1.32. The van der Waals surface area contributed by atoms with Crippen molar-refractivity contribution in [1.29, 1.82) is 0 Å². The van der Waals surface area contributed by atoms with E-state index in [2.05, 4.69) is 5.32 Å². The minimum absolute atomic E-state index is 0.305. The lowest BCUT2D eigenvalue weighted by atomic mass is 9.93. The van der Waals surface area contributed by atoms with Gasteiger partial charge in [0, 0.05) is 6.92 Å². The number of hydrogen-bond acceptors (Lipinski definition) is 3. The number of methoxy groups -OCH3 is 1. The van der Waals surface area contributed by atoms with Crippen LogP contribution in [0.5, 0.6) is 5.75 Å². The molecule has 2 N–H and O–H groups in total. The third kappa shape index (κ3) is 5.39. The molecule has 0 saturated heterocycles. The van der Waals surface area contributed by atoms with E-state index in [0.29, 0.717) is 12.8 Å². The fourth-order valence-corrected chi connectivity index (χ4v) is 2.24. The van der Waals surface area contributed by atoms with E-state index in [9.17, 15) is 9.59 Å². The van der Waals surface area contributed by atoms with Crippen LogP contribution >= 0.6 is 0 Å². The normalized spacial score (nSPS) is 10.3. The molecule has 0 fully saturated rings. The SMILES string of the molecule is CCC(CC)(NC(C)=O)C(=O)O.COc1c(C)cccc1C. The highest BCUT2D eigenvalue weighted by Gasteiger charge is 2.35. The summed E-state index contributed by atoms with van der Waals surface area (Å²) in [5, 5.41) is 11.3. The number of benzene rings is 1. The summed E-state index contributed by atoms with van der Waals surface area (Å²) in [7, 11) is 1.70. The van der Waals surface area contributed by atoms with E-state index in [4.69, 9.17) is 9.84 Å². The van der Waals surface area contributed by atoms with Crippen molar-refractivity contribution in [2.24, 2.45) is 0 Å². The van der Waals surface area contributed by atoms with Crippen LogP contribution in [0.25, 0.3) is 0 Å². The van der Waals surface area contributed by atoms with Crippen molar-refractivity contribution in [3.8, 4) is 5.75 Å². The highest BCUT2D eigenvalue weighted by atomic mass is 16.5. The fourth-order valence-electron chi connectivity index (χ4n) is 2.24. The largest absolute Gasteiger partial charge is 0.496 e. The second-order valence-electron chi connectivity index (χ2n) is 5.20. The Morgan fingerprint density at radius 2 is 1.64 bits per heavy atom. The Hall–Kier alpha value is -2.04. The Balaban J connectivity index is 0.000000406. The molecule has 0 aromatic heterocycles. The molecule has 0 aliphatic rings. The molecule has 22 heavy (non-hydrogen) atoms. The maximum Gasteiger partial charge on any atom is 0.329 e. The van der Waals surface area contributed by atoms with Crippen molar-refractivity contribution >= 4 is 11.9 Å². The van der Waals surface area contributed by atoms with Gasteiger partial charge in [-0.05, 0) is 37.8 Å². The smallest absolute Gasteiger partial charge is 0.329 e. The molecule has 5 nitrogen and oxygen atoms in total. The van der Waals surface area contributed by atoms with Crippen LogP contribution < -0.4 is 10.1 Å². The molecular formula is C17H27NO4. The van der Waals surface area contributed by atoms with E-state index in [0.717, 1.165) is 5.75 Å². The summed E-state index contributed by atoms with van der Waals surface area (Å²) in [5.74, 6) is -0.272. The lowest BCUT2D eigenvalue weighted by Gasteiger charge is -2.27. The van der Waals surface area contributed by atoms with Gasteiger partial charge in [-0.15, -0.1) is 0 Å². The predicted molar refractivity (Wildman–Crippen MR) is 87.2 cm³/mol. The van der Waals surface area contributed by atoms with Crippen molar-refractivity contribution in [2.75, 3.05) is 7.11 Å². The molecule has 0 bridgehead atoms. The van der Waals surface area contributed by atoms with E-state index in [1.807, 2.05) is 32.0 Å². The van der Waals surface area contributed by atoms with Gasteiger partial charge in [-0.1, -0.05) is 32.0 Å². The number of hydrogen-bond donors (Lipinski definition) is 2. The Kier molecular flexibility index (Phi) is 8.23. The van der Waals surface area contributed by atoms with Gasteiger partial charge in [0.15, 0.2) is 0 Å². The van der Waals surface area contributed by atoms with Gasteiger partial charge in [0.25, 0.3) is 0 Å².